The molecule has 0 saturated carbocycles. The van der Waals surface area contributed by atoms with E-state index >= 15 is 0 Å². The summed E-state index contributed by atoms with van der Waals surface area (Å²) in [6.45, 7) is 11.8. The highest BCUT2D eigenvalue weighted by Gasteiger charge is 2.15. The zero-order valence-electron chi connectivity index (χ0n) is 11.1. The minimum absolute atomic E-state index is 0.0129. The molecule has 1 atom stereocenters. The molecule has 1 saturated heterocycles. The molecule has 1 unspecified atom stereocenters. The van der Waals surface area contributed by atoms with Gasteiger partial charge in [0.2, 0.25) is 0 Å². The SMILES string of the molecule is CC(CN1CCCC1)N=C(N)NC(C)(C)C. The number of rotatable bonds is 3. The van der Waals surface area contributed by atoms with Crippen LogP contribution >= 0.6 is 0 Å². The van der Waals surface area contributed by atoms with Crippen molar-refractivity contribution in [3.05, 3.63) is 0 Å². The van der Waals surface area contributed by atoms with Crippen molar-refractivity contribution in [1.82, 2.24) is 10.2 Å². The second-order valence-corrected chi connectivity index (χ2v) is 5.75. The van der Waals surface area contributed by atoms with E-state index in [-0.39, 0.29) is 11.6 Å². The zero-order valence-corrected chi connectivity index (χ0v) is 11.1. The molecule has 1 rings (SSSR count). The van der Waals surface area contributed by atoms with E-state index in [2.05, 4.69) is 42.9 Å². The van der Waals surface area contributed by atoms with E-state index < -0.39 is 0 Å². The molecule has 0 aromatic rings. The number of likely N-dealkylation sites (tertiary alicyclic amines) is 1. The van der Waals surface area contributed by atoms with Crippen molar-refractivity contribution in [2.75, 3.05) is 19.6 Å². The molecule has 4 nitrogen and oxygen atoms in total. The van der Waals surface area contributed by atoms with Gasteiger partial charge in [0, 0.05) is 12.1 Å². The molecule has 1 fully saturated rings. The normalized spacial score (nSPS) is 21.1. The summed E-state index contributed by atoms with van der Waals surface area (Å²) in [5.74, 6) is 0.555. The van der Waals surface area contributed by atoms with Gasteiger partial charge in [-0.1, -0.05) is 0 Å². The number of nitrogens with two attached hydrogens (primary N) is 1. The first-order valence-corrected chi connectivity index (χ1v) is 6.20. The van der Waals surface area contributed by atoms with Gasteiger partial charge < -0.3 is 16.0 Å². The van der Waals surface area contributed by atoms with Gasteiger partial charge in [0.1, 0.15) is 0 Å². The molecule has 1 heterocycles. The Morgan fingerprint density at radius 3 is 2.44 bits per heavy atom. The third-order valence-electron chi connectivity index (χ3n) is 2.58. The standard InChI is InChI=1S/C12H26N4/c1-10(9-16-7-5-6-8-16)14-11(13)15-12(2,3)4/h10H,5-9H2,1-4H3,(H3,13,14,15). The van der Waals surface area contributed by atoms with Gasteiger partial charge in [-0.05, 0) is 53.6 Å². The highest BCUT2D eigenvalue weighted by Crippen LogP contribution is 2.08. The highest BCUT2D eigenvalue weighted by atomic mass is 15.2. The predicted molar refractivity (Wildman–Crippen MR) is 69.6 cm³/mol. The summed E-state index contributed by atoms with van der Waals surface area (Å²) in [4.78, 5) is 6.92. The molecule has 16 heavy (non-hydrogen) atoms. The topological polar surface area (TPSA) is 53.6 Å². The lowest BCUT2D eigenvalue weighted by molar-refractivity contribution is 0.321. The van der Waals surface area contributed by atoms with Crippen LogP contribution in [0.1, 0.15) is 40.5 Å². The molecule has 3 N–H and O–H groups in total. The average molecular weight is 226 g/mol. The lowest BCUT2D eigenvalue weighted by atomic mass is 10.1. The van der Waals surface area contributed by atoms with Crippen LogP contribution in [0.25, 0.3) is 0 Å². The van der Waals surface area contributed by atoms with Gasteiger partial charge in [0.15, 0.2) is 5.96 Å². The van der Waals surface area contributed by atoms with Crippen molar-refractivity contribution in [3.8, 4) is 0 Å². The third-order valence-corrected chi connectivity index (χ3v) is 2.58. The molecule has 0 bridgehead atoms. The van der Waals surface area contributed by atoms with Crippen molar-refractivity contribution in [2.24, 2.45) is 10.7 Å². The van der Waals surface area contributed by atoms with E-state index in [0.717, 1.165) is 6.54 Å². The van der Waals surface area contributed by atoms with Crippen LogP contribution in [0.5, 0.6) is 0 Å². The first-order chi connectivity index (χ1) is 7.37. The van der Waals surface area contributed by atoms with Crippen molar-refractivity contribution >= 4 is 5.96 Å². The monoisotopic (exact) mass is 226 g/mol. The van der Waals surface area contributed by atoms with Crippen molar-refractivity contribution < 1.29 is 0 Å². The quantitative estimate of drug-likeness (QED) is 0.561. The summed E-state index contributed by atoms with van der Waals surface area (Å²) in [6.07, 6.45) is 2.65. The van der Waals surface area contributed by atoms with Crippen LogP contribution in [0.2, 0.25) is 0 Å². The number of guanidine groups is 1. The number of hydrogen-bond donors (Lipinski definition) is 2. The maximum atomic E-state index is 5.86. The predicted octanol–water partition coefficient (Wildman–Crippen LogP) is 1.17. The molecule has 0 aromatic heterocycles. The minimum atomic E-state index is -0.0129. The van der Waals surface area contributed by atoms with Crippen LogP contribution in [-0.4, -0.2) is 42.1 Å². The third kappa shape index (κ3) is 5.35. The molecule has 0 spiro atoms. The van der Waals surface area contributed by atoms with Crippen molar-refractivity contribution in [3.63, 3.8) is 0 Å². The van der Waals surface area contributed by atoms with E-state index in [1.165, 1.54) is 25.9 Å². The van der Waals surface area contributed by atoms with Crippen molar-refractivity contribution in [1.29, 1.82) is 0 Å². The second-order valence-electron chi connectivity index (χ2n) is 5.75. The van der Waals surface area contributed by atoms with Gasteiger partial charge in [-0.15, -0.1) is 0 Å². The Balaban J connectivity index is 2.35. The van der Waals surface area contributed by atoms with Crippen LogP contribution in [0.3, 0.4) is 0 Å². The second kappa shape index (κ2) is 5.53. The molecular formula is C12H26N4. The Morgan fingerprint density at radius 1 is 1.38 bits per heavy atom. The molecular weight excluding hydrogens is 200 g/mol. The Bertz CT molecular complexity index is 236. The average Bonchev–Trinajstić information content (AvgIpc) is 2.51. The molecule has 4 heteroatoms. The molecule has 0 radical (unpaired) electrons. The summed E-state index contributed by atoms with van der Waals surface area (Å²) in [6, 6.07) is 0.271. The first kappa shape index (κ1) is 13.3. The Morgan fingerprint density at radius 2 is 1.94 bits per heavy atom. The Kier molecular flexibility index (Phi) is 4.59. The molecule has 0 aromatic carbocycles. The summed E-state index contributed by atoms with van der Waals surface area (Å²) in [5, 5.41) is 3.18. The fraction of sp³-hybridized carbons (Fsp3) is 0.917. The molecule has 1 aliphatic heterocycles. The van der Waals surface area contributed by atoms with Gasteiger partial charge in [-0.2, -0.15) is 0 Å². The van der Waals surface area contributed by atoms with Crippen LogP contribution in [0.15, 0.2) is 4.99 Å². The summed E-state index contributed by atoms with van der Waals surface area (Å²) in [7, 11) is 0. The maximum absolute atomic E-state index is 5.86. The molecule has 94 valence electrons. The lowest BCUT2D eigenvalue weighted by Gasteiger charge is -2.23. The number of nitrogens with zero attached hydrogens (tertiary/aromatic N) is 2. The first-order valence-electron chi connectivity index (χ1n) is 6.20. The smallest absolute Gasteiger partial charge is 0.189 e. The van der Waals surface area contributed by atoms with Gasteiger partial charge >= 0.3 is 0 Å². The van der Waals surface area contributed by atoms with Gasteiger partial charge in [-0.3, -0.25) is 0 Å². The van der Waals surface area contributed by atoms with Crippen LogP contribution in [0.4, 0.5) is 0 Å². The molecule has 0 aliphatic carbocycles. The van der Waals surface area contributed by atoms with Crippen LogP contribution in [0, 0.1) is 0 Å². The number of aliphatic imine (C=N–C) groups is 1. The lowest BCUT2D eigenvalue weighted by Crippen LogP contribution is -2.45. The molecule has 1 aliphatic rings. The van der Waals surface area contributed by atoms with E-state index in [1.807, 2.05) is 0 Å². The van der Waals surface area contributed by atoms with Crippen LogP contribution in [-0.2, 0) is 0 Å². The van der Waals surface area contributed by atoms with E-state index in [0.29, 0.717) is 5.96 Å². The minimum Gasteiger partial charge on any atom is -0.370 e. The summed E-state index contributed by atoms with van der Waals surface area (Å²) >= 11 is 0. The fourth-order valence-electron chi connectivity index (χ4n) is 2.03. The van der Waals surface area contributed by atoms with Crippen LogP contribution < -0.4 is 11.1 Å². The zero-order chi connectivity index (χ0) is 12.2. The Hall–Kier alpha value is -0.770. The highest BCUT2D eigenvalue weighted by molar-refractivity contribution is 5.78. The van der Waals surface area contributed by atoms with E-state index in [4.69, 9.17) is 5.73 Å². The van der Waals surface area contributed by atoms with E-state index in [9.17, 15) is 0 Å². The maximum Gasteiger partial charge on any atom is 0.189 e. The Labute approximate surface area is 99.3 Å². The summed E-state index contributed by atoms with van der Waals surface area (Å²) in [5.41, 5.74) is 5.84. The largest absolute Gasteiger partial charge is 0.370 e. The summed E-state index contributed by atoms with van der Waals surface area (Å²) < 4.78 is 0. The van der Waals surface area contributed by atoms with Gasteiger partial charge in [0.05, 0.1) is 6.04 Å². The fourth-order valence-corrected chi connectivity index (χ4v) is 2.03. The van der Waals surface area contributed by atoms with Gasteiger partial charge in [-0.25, -0.2) is 4.99 Å². The van der Waals surface area contributed by atoms with E-state index in [1.54, 1.807) is 0 Å². The molecule has 0 amide bonds. The number of nitrogens with one attached hydrogen (secondary N) is 1. The van der Waals surface area contributed by atoms with Gasteiger partial charge in [0.25, 0.3) is 0 Å². The number of hydrogen-bond acceptors (Lipinski definition) is 2. The van der Waals surface area contributed by atoms with Crippen molar-refractivity contribution in [2.45, 2.75) is 52.1 Å².